The zero-order valence-corrected chi connectivity index (χ0v) is 14.0. The molecule has 0 fully saturated rings. The summed E-state index contributed by atoms with van der Waals surface area (Å²) in [4.78, 5) is 10.9. The second-order valence-corrected chi connectivity index (χ2v) is 10.5. The smallest absolute Gasteiger partial charge is 0.299 e. The molecule has 0 bridgehead atoms. The van der Waals surface area contributed by atoms with E-state index < -0.39 is 5.69 Å². The summed E-state index contributed by atoms with van der Waals surface area (Å²) in [7, 11) is 0. The quantitative estimate of drug-likeness (QED) is 0.727. The molecule has 0 heterocycles. The van der Waals surface area contributed by atoms with Crippen LogP contribution in [-0.4, -0.2) is 15.1 Å². The van der Waals surface area contributed by atoms with Crippen LogP contribution in [-0.2, 0) is 11.8 Å². The van der Waals surface area contributed by atoms with Gasteiger partial charge in [-0.15, -0.1) is 0 Å². The van der Waals surface area contributed by atoms with Crippen molar-refractivity contribution in [3.63, 3.8) is 0 Å². The van der Waals surface area contributed by atoms with E-state index >= 15 is 0 Å². The normalized spacial score (nSPS) is 13.7. The van der Waals surface area contributed by atoms with Crippen LogP contribution < -0.4 is 4.52 Å². The molecule has 0 saturated carbocycles. The molecule has 7 heteroatoms. The Morgan fingerprint density at radius 3 is 2.14 bits per heavy atom. The number of hydrogen-bond acceptors (Lipinski definition) is 5. The minimum atomic E-state index is -3.18. The van der Waals surface area contributed by atoms with Gasteiger partial charge in [0, 0.05) is 11.0 Å². The van der Waals surface area contributed by atoms with Gasteiger partial charge in [0.25, 0.3) is 5.69 Å². The fourth-order valence-electron chi connectivity index (χ4n) is 1.58. The number of aryl methyl sites for hydroxylation is 2. The zero-order chi connectivity index (χ0) is 15.6. The van der Waals surface area contributed by atoms with Gasteiger partial charge in [-0.05, 0) is 66.4 Å². The predicted octanol–water partition coefficient (Wildman–Crippen LogP) is 4.10. The van der Waals surface area contributed by atoms with Crippen molar-refractivity contribution in [3.05, 3.63) is 47.5 Å². The lowest BCUT2D eigenvalue weighted by molar-refractivity contribution is 0.463. The maximum Gasteiger partial charge on any atom is 0.299 e. The van der Waals surface area contributed by atoms with Gasteiger partial charge in [-0.25, -0.2) is 0 Å². The van der Waals surface area contributed by atoms with E-state index in [9.17, 15) is 15.1 Å². The molecule has 112 valence electrons. The van der Waals surface area contributed by atoms with Crippen LogP contribution in [0.3, 0.4) is 0 Å². The van der Waals surface area contributed by atoms with Gasteiger partial charge in [0.05, 0.1) is 0 Å². The van der Waals surface area contributed by atoms with Crippen LogP contribution in [0.15, 0.2) is 41.3 Å². The Bertz CT molecular complexity index is 661. The number of phenolic OH excluding ortho intramolecular Hbond substituents is 2. The lowest BCUT2D eigenvalue weighted by Crippen LogP contribution is -1.89. The lowest BCUT2D eigenvalue weighted by atomic mass is 10.2. The number of rotatable bonds is 4. The van der Waals surface area contributed by atoms with Crippen LogP contribution in [0.4, 0.5) is 0 Å². The predicted molar refractivity (Wildman–Crippen MR) is 88.7 cm³/mol. The molecule has 2 rings (SSSR count). The van der Waals surface area contributed by atoms with Crippen molar-refractivity contribution in [1.82, 2.24) is 0 Å². The van der Waals surface area contributed by atoms with Crippen LogP contribution in [0, 0.1) is 13.8 Å². The Kier molecular flexibility index (Phi) is 4.84. The first kappa shape index (κ1) is 16.2. The summed E-state index contributed by atoms with van der Waals surface area (Å²) < 4.78 is 5.41. The first-order valence-corrected chi connectivity index (χ1v) is 10.2. The number of aromatic hydroxyl groups is 2. The van der Waals surface area contributed by atoms with E-state index in [1.165, 1.54) is 12.1 Å². The molecule has 0 saturated heterocycles. The standard InChI is InChI=1S/C14H15O4PS2/c1-9-3-5-11(7-13(9)15)18-19(17,20)21-12-6-4-10(2)14(16)8-12/h3-8,15-16H,1-2H3,(H,17,20). The Morgan fingerprint density at radius 1 is 1.00 bits per heavy atom. The maximum absolute atomic E-state index is 10.2. The molecule has 1 atom stereocenters. The summed E-state index contributed by atoms with van der Waals surface area (Å²) >= 11 is 6.10. The van der Waals surface area contributed by atoms with Gasteiger partial charge in [0.15, 0.2) is 0 Å². The molecule has 0 aromatic heterocycles. The van der Waals surface area contributed by atoms with Crippen LogP contribution >= 0.6 is 17.1 Å². The van der Waals surface area contributed by atoms with Crippen molar-refractivity contribution in [2.45, 2.75) is 18.7 Å². The second kappa shape index (κ2) is 6.28. The molecule has 4 nitrogen and oxygen atoms in total. The molecule has 1 unspecified atom stereocenters. The second-order valence-electron chi connectivity index (χ2n) is 4.55. The fraction of sp³-hybridized carbons (Fsp3) is 0.143. The van der Waals surface area contributed by atoms with Gasteiger partial charge in [-0.3, -0.25) is 0 Å². The number of phenols is 2. The van der Waals surface area contributed by atoms with Crippen molar-refractivity contribution < 1.29 is 19.6 Å². The monoisotopic (exact) mass is 342 g/mol. The molecular formula is C14H15O4PS2. The van der Waals surface area contributed by atoms with Crippen molar-refractivity contribution in [1.29, 1.82) is 0 Å². The highest BCUT2D eigenvalue weighted by Gasteiger charge is 2.19. The van der Waals surface area contributed by atoms with Crippen LogP contribution in [0.2, 0.25) is 0 Å². The molecule has 0 spiro atoms. The third-order valence-corrected chi connectivity index (χ3v) is 6.38. The molecule has 3 N–H and O–H groups in total. The van der Waals surface area contributed by atoms with E-state index in [0.717, 1.165) is 16.9 Å². The summed E-state index contributed by atoms with van der Waals surface area (Å²) in [6.45, 7) is 3.54. The minimum absolute atomic E-state index is 0.0838. The van der Waals surface area contributed by atoms with Crippen molar-refractivity contribution >= 4 is 28.9 Å². The van der Waals surface area contributed by atoms with E-state index in [-0.39, 0.29) is 11.5 Å². The highest BCUT2D eigenvalue weighted by molar-refractivity contribution is 8.67. The van der Waals surface area contributed by atoms with Gasteiger partial charge in [0.2, 0.25) is 0 Å². The van der Waals surface area contributed by atoms with Gasteiger partial charge in [0.1, 0.15) is 17.2 Å². The van der Waals surface area contributed by atoms with Gasteiger partial charge >= 0.3 is 0 Å². The largest absolute Gasteiger partial charge is 0.508 e. The van der Waals surface area contributed by atoms with E-state index in [4.69, 9.17) is 16.3 Å². The topological polar surface area (TPSA) is 69.9 Å². The zero-order valence-electron chi connectivity index (χ0n) is 11.5. The average Bonchev–Trinajstić information content (AvgIpc) is 2.37. The van der Waals surface area contributed by atoms with Gasteiger partial charge in [-0.2, -0.15) is 0 Å². The summed E-state index contributed by atoms with van der Waals surface area (Å²) in [5.74, 6) is 0.538. The number of hydrogen-bond donors (Lipinski definition) is 3. The Hall–Kier alpha value is -1.20. The summed E-state index contributed by atoms with van der Waals surface area (Å²) in [5.41, 5.74) is -1.72. The molecule has 2 aromatic carbocycles. The van der Waals surface area contributed by atoms with Crippen molar-refractivity contribution in [2.24, 2.45) is 0 Å². The Balaban J connectivity index is 2.15. The average molecular weight is 342 g/mol. The van der Waals surface area contributed by atoms with Crippen LogP contribution in [0.1, 0.15) is 11.1 Å². The SMILES string of the molecule is Cc1ccc(OP(O)(=S)Sc2ccc(C)c(O)c2)cc1O. The van der Waals surface area contributed by atoms with E-state index in [2.05, 4.69) is 0 Å². The number of benzene rings is 2. The highest BCUT2D eigenvalue weighted by Crippen LogP contribution is 2.59. The summed E-state index contributed by atoms with van der Waals surface area (Å²) in [5, 5.41) is 19.3. The Labute approximate surface area is 132 Å². The van der Waals surface area contributed by atoms with E-state index in [0.29, 0.717) is 16.2 Å². The summed E-state index contributed by atoms with van der Waals surface area (Å²) in [6, 6.07) is 9.77. The van der Waals surface area contributed by atoms with Crippen LogP contribution in [0.5, 0.6) is 17.2 Å². The third-order valence-electron chi connectivity index (χ3n) is 2.80. The Morgan fingerprint density at radius 2 is 1.57 bits per heavy atom. The molecule has 0 amide bonds. The molecular weight excluding hydrogens is 327 g/mol. The highest BCUT2D eigenvalue weighted by atomic mass is 32.9. The minimum Gasteiger partial charge on any atom is -0.508 e. The third kappa shape index (κ3) is 4.38. The van der Waals surface area contributed by atoms with Crippen molar-refractivity contribution in [2.75, 3.05) is 0 Å². The maximum atomic E-state index is 10.2. The lowest BCUT2D eigenvalue weighted by Gasteiger charge is -2.16. The first-order chi connectivity index (χ1) is 9.77. The first-order valence-electron chi connectivity index (χ1n) is 6.08. The molecule has 2 aromatic rings. The molecule has 0 aliphatic carbocycles. The van der Waals surface area contributed by atoms with Gasteiger partial charge in [-0.1, -0.05) is 12.1 Å². The van der Waals surface area contributed by atoms with Crippen LogP contribution in [0.25, 0.3) is 0 Å². The van der Waals surface area contributed by atoms with Crippen molar-refractivity contribution in [3.8, 4) is 17.2 Å². The fourth-order valence-corrected chi connectivity index (χ4v) is 5.10. The van der Waals surface area contributed by atoms with E-state index in [1.807, 2.05) is 0 Å². The molecule has 0 aliphatic rings. The molecule has 0 radical (unpaired) electrons. The molecule has 21 heavy (non-hydrogen) atoms. The summed E-state index contributed by atoms with van der Waals surface area (Å²) in [6.07, 6.45) is 0. The van der Waals surface area contributed by atoms with Gasteiger partial charge < -0.3 is 19.6 Å². The molecule has 0 aliphatic heterocycles. The van der Waals surface area contributed by atoms with E-state index in [1.54, 1.807) is 38.1 Å².